The van der Waals surface area contributed by atoms with Crippen molar-refractivity contribution in [3.05, 3.63) is 72.8 Å². The fourth-order valence-electron chi connectivity index (χ4n) is 4.26. The van der Waals surface area contributed by atoms with Crippen LogP contribution in [0.1, 0.15) is 36.0 Å². The lowest BCUT2D eigenvalue weighted by atomic mass is 9.98. The first-order valence-electron chi connectivity index (χ1n) is 10.5. The number of carbonyl (C=O) groups excluding carboxylic acids is 1. The van der Waals surface area contributed by atoms with Gasteiger partial charge >= 0.3 is 0 Å². The largest absolute Gasteiger partial charge is 0.336 e. The summed E-state index contributed by atoms with van der Waals surface area (Å²) in [5.41, 5.74) is 3.36. The minimum absolute atomic E-state index is 0.0662. The van der Waals surface area contributed by atoms with Gasteiger partial charge in [0.1, 0.15) is 0 Å². The number of aromatic nitrogens is 5. The second-order valence-electron chi connectivity index (χ2n) is 7.72. The normalized spacial score (nSPS) is 16.8. The Bertz CT molecular complexity index is 1130. The van der Waals surface area contributed by atoms with Crippen molar-refractivity contribution in [1.82, 2.24) is 29.3 Å². The summed E-state index contributed by atoms with van der Waals surface area (Å²) in [5, 5.41) is 8.65. The molecule has 5 heterocycles. The highest BCUT2D eigenvalue weighted by atomic mass is 16.2. The molecule has 0 spiro atoms. The number of nitrogens with zero attached hydrogens (tertiary/aromatic N) is 6. The van der Waals surface area contributed by atoms with Gasteiger partial charge in [0.2, 0.25) is 0 Å². The molecule has 0 aliphatic carbocycles. The Kier molecular flexibility index (Phi) is 5.01. The third kappa shape index (κ3) is 3.58. The lowest BCUT2D eigenvalue weighted by Gasteiger charge is -2.36. The highest BCUT2D eigenvalue weighted by Crippen LogP contribution is 2.24. The van der Waals surface area contributed by atoms with Gasteiger partial charge in [-0.15, -0.1) is 0 Å². The van der Waals surface area contributed by atoms with Crippen LogP contribution in [-0.4, -0.2) is 47.8 Å². The lowest BCUT2D eigenvalue weighted by Crippen LogP contribution is -2.44. The van der Waals surface area contributed by atoms with Crippen LogP contribution >= 0.6 is 0 Å². The van der Waals surface area contributed by atoms with Crippen LogP contribution in [0.5, 0.6) is 0 Å². The molecule has 0 unspecified atom stereocenters. The molecule has 0 radical (unpaired) electrons. The van der Waals surface area contributed by atoms with E-state index in [-0.39, 0.29) is 11.9 Å². The van der Waals surface area contributed by atoms with E-state index in [0.29, 0.717) is 5.56 Å². The van der Waals surface area contributed by atoms with Gasteiger partial charge in [-0.1, -0.05) is 6.07 Å². The fraction of sp³-hybridized carbons (Fsp3) is 0.304. The number of likely N-dealkylation sites (tertiary alicyclic amines) is 1. The molecule has 1 aliphatic heterocycles. The molecule has 0 bridgehead atoms. The van der Waals surface area contributed by atoms with E-state index in [4.69, 9.17) is 0 Å². The van der Waals surface area contributed by atoms with E-state index in [0.717, 1.165) is 49.3 Å². The molecular weight excluding hydrogens is 376 g/mol. The van der Waals surface area contributed by atoms with Gasteiger partial charge in [0, 0.05) is 37.7 Å². The number of rotatable bonds is 5. The number of hydrogen-bond donors (Lipinski definition) is 0. The summed E-state index contributed by atoms with van der Waals surface area (Å²) >= 11 is 0. The van der Waals surface area contributed by atoms with Crippen LogP contribution < -0.4 is 0 Å². The second kappa shape index (κ2) is 8.10. The standard InChI is InChI=1S/C23H24N6O/c30-23(28-15-2-1-5-19(28)11-16-27-14-4-12-25-27)18-8-9-21(24-17-18)22-7-3-6-20-10-13-26-29(20)22/h3-4,6-10,12-14,17,19H,1-2,5,11,15-16H2/t19-/m1/s1. The van der Waals surface area contributed by atoms with Crippen LogP contribution in [0.15, 0.2) is 67.3 Å². The summed E-state index contributed by atoms with van der Waals surface area (Å²) in [6.45, 7) is 1.63. The highest BCUT2D eigenvalue weighted by Gasteiger charge is 2.27. The molecule has 1 amide bonds. The number of piperidine rings is 1. The first-order valence-corrected chi connectivity index (χ1v) is 10.5. The average molecular weight is 400 g/mol. The van der Waals surface area contributed by atoms with Crippen molar-refractivity contribution in [1.29, 1.82) is 0 Å². The Morgan fingerprint density at radius 1 is 1.03 bits per heavy atom. The van der Waals surface area contributed by atoms with Crippen LogP contribution in [0.3, 0.4) is 0 Å². The zero-order valence-electron chi connectivity index (χ0n) is 16.8. The van der Waals surface area contributed by atoms with Gasteiger partial charge < -0.3 is 4.90 Å². The summed E-state index contributed by atoms with van der Waals surface area (Å²) in [7, 11) is 0. The zero-order chi connectivity index (χ0) is 20.3. The smallest absolute Gasteiger partial charge is 0.255 e. The molecule has 0 saturated carbocycles. The first-order chi connectivity index (χ1) is 14.8. The topological polar surface area (TPSA) is 68.3 Å². The van der Waals surface area contributed by atoms with E-state index in [1.165, 1.54) is 6.42 Å². The summed E-state index contributed by atoms with van der Waals surface area (Å²) in [4.78, 5) is 19.8. The van der Waals surface area contributed by atoms with Crippen molar-refractivity contribution in [2.75, 3.05) is 6.54 Å². The molecule has 4 aromatic heterocycles. The van der Waals surface area contributed by atoms with Crippen molar-refractivity contribution in [3.63, 3.8) is 0 Å². The monoisotopic (exact) mass is 400 g/mol. The number of carbonyl (C=O) groups is 1. The zero-order valence-corrected chi connectivity index (χ0v) is 16.8. The van der Waals surface area contributed by atoms with Gasteiger partial charge in [-0.3, -0.25) is 14.5 Å². The van der Waals surface area contributed by atoms with Gasteiger partial charge in [0.05, 0.1) is 28.7 Å². The van der Waals surface area contributed by atoms with Gasteiger partial charge in [0.15, 0.2) is 0 Å². The maximum absolute atomic E-state index is 13.2. The van der Waals surface area contributed by atoms with Gasteiger partial charge in [-0.25, -0.2) is 4.52 Å². The molecule has 7 nitrogen and oxygen atoms in total. The summed E-state index contributed by atoms with van der Waals surface area (Å²) in [6, 6.07) is 13.9. The molecule has 0 N–H and O–H groups in total. The first kappa shape index (κ1) is 18.5. The van der Waals surface area contributed by atoms with E-state index in [9.17, 15) is 4.79 Å². The SMILES string of the molecule is O=C(c1ccc(-c2cccc3ccnn23)nc1)N1CCCC[C@@H]1CCn1cccn1. The molecule has 0 aromatic carbocycles. The summed E-state index contributed by atoms with van der Waals surface area (Å²) < 4.78 is 3.79. The van der Waals surface area contributed by atoms with Gasteiger partial charge in [0.25, 0.3) is 5.91 Å². The summed E-state index contributed by atoms with van der Waals surface area (Å²) in [6.07, 6.45) is 11.4. The molecule has 1 saturated heterocycles. The van der Waals surface area contributed by atoms with Crippen LogP contribution in [0, 0.1) is 0 Å². The quantitative estimate of drug-likeness (QED) is 0.513. The van der Waals surface area contributed by atoms with Crippen molar-refractivity contribution in [3.8, 4) is 11.4 Å². The predicted octanol–water partition coefficient (Wildman–Crippen LogP) is 3.68. The molecule has 30 heavy (non-hydrogen) atoms. The molecule has 5 rings (SSSR count). The number of hydrogen-bond acceptors (Lipinski definition) is 4. The Labute approximate surface area is 175 Å². The predicted molar refractivity (Wildman–Crippen MR) is 114 cm³/mol. The van der Waals surface area contributed by atoms with Crippen molar-refractivity contribution in [2.45, 2.75) is 38.3 Å². The van der Waals surface area contributed by atoms with Crippen LogP contribution in [-0.2, 0) is 6.54 Å². The minimum atomic E-state index is 0.0662. The third-order valence-corrected chi connectivity index (χ3v) is 5.83. The molecule has 152 valence electrons. The molecule has 7 heteroatoms. The highest BCUT2D eigenvalue weighted by molar-refractivity contribution is 5.94. The number of pyridine rings is 2. The van der Waals surface area contributed by atoms with Gasteiger partial charge in [-0.05, 0) is 62.1 Å². The van der Waals surface area contributed by atoms with Crippen LogP contribution in [0.2, 0.25) is 0 Å². The Morgan fingerprint density at radius 2 is 2.00 bits per heavy atom. The van der Waals surface area contributed by atoms with Gasteiger partial charge in [-0.2, -0.15) is 10.2 Å². The molecular formula is C23H24N6O. The number of aryl methyl sites for hydroxylation is 1. The number of amides is 1. The average Bonchev–Trinajstić information content (AvgIpc) is 3.49. The van der Waals surface area contributed by atoms with Crippen LogP contribution in [0.4, 0.5) is 0 Å². The van der Waals surface area contributed by atoms with Crippen LogP contribution in [0.25, 0.3) is 16.9 Å². The maximum Gasteiger partial charge on any atom is 0.255 e. The van der Waals surface area contributed by atoms with E-state index in [1.807, 2.05) is 62.8 Å². The Morgan fingerprint density at radius 3 is 2.83 bits per heavy atom. The van der Waals surface area contributed by atoms with E-state index in [1.54, 1.807) is 18.6 Å². The lowest BCUT2D eigenvalue weighted by molar-refractivity contribution is 0.0593. The summed E-state index contributed by atoms with van der Waals surface area (Å²) in [5.74, 6) is 0.0662. The van der Waals surface area contributed by atoms with E-state index in [2.05, 4.69) is 15.2 Å². The van der Waals surface area contributed by atoms with Crippen molar-refractivity contribution >= 4 is 11.4 Å². The van der Waals surface area contributed by atoms with Crippen molar-refractivity contribution in [2.24, 2.45) is 0 Å². The molecule has 1 atom stereocenters. The fourth-order valence-corrected chi connectivity index (χ4v) is 4.26. The molecule has 1 fully saturated rings. The molecule has 1 aliphatic rings. The Balaban J connectivity index is 1.34. The minimum Gasteiger partial charge on any atom is -0.336 e. The molecule has 4 aromatic rings. The Hall–Kier alpha value is -3.48. The second-order valence-corrected chi connectivity index (χ2v) is 7.72. The maximum atomic E-state index is 13.2. The number of fused-ring (bicyclic) bond motifs is 1. The van der Waals surface area contributed by atoms with E-state index < -0.39 is 0 Å². The third-order valence-electron chi connectivity index (χ3n) is 5.83. The van der Waals surface area contributed by atoms with E-state index >= 15 is 0 Å². The van der Waals surface area contributed by atoms with Crippen molar-refractivity contribution < 1.29 is 4.79 Å².